The summed E-state index contributed by atoms with van der Waals surface area (Å²) in [5.41, 5.74) is 5.32. The maximum absolute atomic E-state index is 12.2. The molecule has 0 aliphatic heterocycles. The molecule has 1 rings (SSSR count). The van der Waals surface area contributed by atoms with E-state index in [1.54, 1.807) is 24.3 Å². The molecule has 0 saturated carbocycles. The van der Waals surface area contributed by atoms with Crippen LogP contribution in [0.3, 0.4) is 0 Å². The van der Waals surface area contributed by atoms with E-state index in [2.05, 4.69) is 10.6 Å². The fourth-order valence-corrected chi connectivity index (χ4v) is 1.57. The van der Waals surface area contributed by atoms with Crippen LogP contribution in [0.15, 0.2) is 30.3 Å². The molecule has 0 heterocycles. The van der Waals surface area contributed by atoms with Crippen molar-refractivity contribution in [3.8, 4) is 0 Å². The molecule has 0 bridgehead atoms. The van der Waals surface area contributed by atoms with Gasteiger partial charge in [-0.3, -0.25) is 4.79 Å². The predicted octanol–water partition coefficient (Wildman–Crippen LogP) is 0.531. The van der Waals surface area contributed by atoms with Gasteiger partial charge in [-0.2, -0.15) is 0 Å². The first-order valence-corrected chi connectivity index (χ1v) is 6.35. The SMILES string of the molecule is CC(C)(CO)CNC(=O)C(NC(N)=O)c1ccccc1. The van der Waals surface area contributed by atoms with Crippen molar-refractivity contribution in [1.82, 2.24) is 10.6 Å². The Labute approximate surface area is 118 Å². The van der Waals surface area contributed by atoms with Crippen LogP contribution < -0.4 is 16.4 Å². The Kier molecular flexibility index (Phi) is 5.52. The number of rotatable bonds is 6. The number of hydrogen-bond acceptors (Lipinski definition) is 3. The lowest BCUT2D eigenvalue weighted by Gasteiger charge is -2.24. The Morgan fingerprint density at radius 1 is 1.30 bits per heavy atom. The minimum absolute atomic E-state index is 0.0491. The quantitative estimate of drug-likeness (QED) is 0.610. The first kappa shape index (κ1) is 16.0. The monoisotopic (exact) mass is 279 g/mol. The van der Waals surface area contributed by atoms with Crippen LogP contribution in [-0.4, -0.2) is 30.2 Å². The summed E-state index contributed by atoms with van der Waals surface area (Å²) in [5.74, 6) is -0.364. The van der Waals surface area contributed by atoms with Gasteiger partial charge in [0.15, 0.2) is 0 Å². The summed E-state index contributed by atoms with van der Waals surface area (Å²) in [7, 11) is 0. The highest BCUT2D eigenvalue weighted by Crippen LogP contribution is 2.15. The predicted molar refractivity (Wildman–Crippen MR) is 75.8 cm³/mol. The lowest BCUT2D eigenvalue weighted by molar-refractivity contribution is -0.123. The number of primary amides is 1. The highest BCUT2D eigenvalue weighted by Gasteiger charge is 2.24. The van der Waals surface area contributed by atoms with Gasteiger partial charge in [0, 0.05) is 18.6 Å². The number of amides is 3. The maximum Gasteiger partial charge on any atom is 0.313 e. The average molecular weight is 279 g/mol. The summed E-state index contributed by atoms with van der Waals surface area (Å²) < 4.78 is 0. The van der Waals surface area contributed by atoms with Crippen LogP contribution in [0.2, 0.25) is 0 Å². The molecule has 20 heavy (non-hydrogen) atoms. The van der Waals surface area contributed by atoms with Gasteiger partial charge in [-0.1, -0.05) is 44.2 Å². The second-order valence-corrected chi connectivity index (χ2v) is 5.39. The number of aliphatic hydroxyl groups excluding tert-OH is 1. The third-order valence-corrected chi connectivity index (χ3v) is 2.85. The number of carbonyl (C=O) groups excluding carboxylic acids is 2. The number of carbonyl (C=O) groups is 2. The molecule has 6 heteroatoms. The Hall–Kier alpha value is -2.08. The van der Waals surface area contributed by atoms with Crippen molar-refractivity contribution in [1.29, 1.82) is 0 Å². The molecule has 6 nitrogen and oxygen atoms in total. The molecule has 0 spiro atoms. The van der Waals surface area contributed by atoms with Gasteiger partial charge in [-0.05, 0) is 5.56 Å². The molecule has 1 aromatic carbocycles. The standard InChI is InChI=1S/C14H21N3O3/c1-14(2,9-18)8-16-12(19)11(17-13(15)20)10-6-4-3-5-7-10/h3-7,11,18H,8-9H2,1-2H3,(H,16,19)(H3,15,17,20). The molecule has 1 unspecified atom stereocenters. The molecule has 0 radical (unpaired) electrons. The Balaban J connectivity index is 2.79. The van der Waals surface area contributed by atoms with E-state index in [-0.39, 0.29) is 12.5 Å². The van der Waals surface area contributed by atoms with E-state index in [1.807, 2.05) is 19.9 Å². The molecule has 110 valence electrons. The van der Waals surface area contributed by atoms with Crippen LogP contribution in [0.5, 0.6) is 0 Å². The van der Waals surface area contributed by atoms with Gasteiger partial charge in [-0.15, -0.1) is 0 Å². The topological polar surface area (TPSA) is 104 Å². The molecule has 0 saturated heterocycles. The number of hydrogen-bond donors (Lipinski definition) is 4. The summed E-state index contributed by atoms with van der Waals surface area (Å²) in [6.07, 6.45) is 0. The first-order valence-electron chi connectivity index (χ1n) is 6.35. The van der Waals surface area contributed by atoms with E-state index >= 15 is 0 Å². The fraction of sp³-hybridized carbons (Fsp3) is 0.429. The summed E-state index contributed by atoms with van der Waals surface area (Å²) in [6.45, 7) is 3.90. The van der Waals surface area contributed by atoms with Crippen molar-refractivity contribution in [3.63, 3.8) is 0 Å². The molecule has 0 aromatic heterocycles. The smallest absolute Gasteiger partial charge is 0.313 e. The molecule has 5 N–H and O–H groups in total. The number of aliphatic hydroxyl groups is 1. The summed E-state index contributed by atoms with van der Waals surface area (Å²) in [6, 6.07) is 7.22. The van der Waals surface area contributed by atoms with Crippen molar-refractivity contribution >= 4 is 11.9 Å². The van der Waals surface area contributed by atoms with Gasteiger partial charge < -0.3 is 21.5 Å². The number of nitrogens with two attached hydrogens (primary N) is 1. The van der Waals surface area contributed by atoms with Crippen molar-refractivity contribution in [2.45, 2.75) is 19.9 Å². The van der Waals surface area contributed by atoms with Crippen LogP contribution >= 0.6 is 0 Å². The number of nitrogens with one attached hydrogen (secondary N) is 2. The molecule has 0 fully saturated rings. The molecule has 1 atom stereocenters. The Morgan fingerprint density at radius 2 is 1.90 bits per heavy atom. The van der Waals surface area contributed by atoms with E-state index in [9.17, 15) is 9.59 Å². The van der Waals surface area contributed by atoms with Gasteiger partial charge in [0.1, 0.15) is 6.04 Å². The van der Waals surface area contributed by atoms with Crippen molar-refractivity contribution in [2.75, 3.05) is 13.2 Å². The molecular weight excluding hydrogens is 258 g/mol. The van der Waals surface area contributed by atoms with Crippen molar-refractivity contribution in [3.05, 3.63) is 35.9 Å². The van der Waals surface area contributed by atoms with Crippen LogP contribution in [0.25, 0.3) is 0 Å². The molecular formula is C14H21N3O3. The Morgan fingerprint density at radius 3 is 2.40 bits per heavy atom. The zero-order chi connectivity index (χ0) is 15.2. The normalized spacial score (nSPS) is 12.6. The van der Waals surface area contributed by atoms with Gasteiger partial charge in [0.05, 0.1) is 0 Å². The Bertz CT molecular complexity index is 460. The van der Waals surface area contributed by atoms with Gasteiger partial charge in [0.2, 0.25) is 5.91 Å². The lowest BCUT2D eigenvalue weighted by atomic mass is 9.94. The van der Waals surface area contributed by atoms with E-state index < -0.39 is 17.5 Å². The van der Waals surface area contributed by atoms with E-state index in [0.717, 1.165) is 0 Å². The minimum atomic E-state index is -0.844. The summed E-state index contributed by atoms with van der Waals surface area (Å²) >= 11 is 0. The average Bonchev–Trinajstić information content (AvgIpc) is 2.43. The largest absolute Gasteiger partial charge is 0.396 e. The second kappa shape index (κ2) is 6.91. The minimum Gasteiger partial charge on any atom is -0.396 e. The second-order valence-electron chi connectivity index (χ2n) is 5.39. The van der Waals surface area contributed by atoms with E-state index in [4.69, 9.17) is 10.8 Å². The van der Waals surface area contributed by atoms with Crippen molar-refractivity contribution in [2.24, 2.45) is 11.1 Å². The summed E-state index contributed by atoms with van der Waals surface area (Å²) in [5, 5.41) is 14.3. The number of urea groups is 1. The molecule has 0 aliphatic carbocycles. The van der Waals surface area contributed by atoms with Gasteiger partial charge in [-0.25, -0.2) is 4.79 Å². The van der Waals surface area contributed by atoms with Gasteiger partial charge >= 0.3 is 6.03 Å². The van der Waals surface area contributed by atoms with Crippen LogP contribution in [0, 0.1) is 5.41 Å². The van der Waals surface area contributed by atoms with Crippen molar-refractivity contribution < 1.29 is 14.7 Å². The van der Waals surface area contributed by atoms with Crippen LogP contribution in [0.1, 0.15) is 25.5 Å². The molecule has 1 aromatic rings. The van der Waals surface area contributed by atoms with Crippen LogP contribution in [0.4, 0.5) is 4.79 Å². The van der Waals surface area contributed by atoms with Gasteiger partial charge in [0.25, 0.3) is 0 Å². The first-order chi connectivity index (χ1) is 9.35. The zero-order valence-electron chi connectivity index (χ0n) is 11.7. The molecule has 3 amide bonds. The van der Waals surface area contributed by atoms with Crippen LogP contribution in [-0.2, 0) is 4.79 Å². The highest BCUT2D eigenvalue weighted by atomic mass is 16.3. The lowest BCUT2D eigenvalue weighted by Crippen LogP contribution is -2.45. The number of benzene rings is 1. The third-order valence-electron chi connectivity index (χ3n) is 2.85. The zero-order valence-corrected chi connectivity index (χ0v) is 11.7. The fourth-order valence-electron chi connectivity index (χ4n) is 1.57. The maximum atomic E-state index is 12.2. The summed E-state index contributed by atoms with van der Waals surface area (Å²) in [4.78, 5) is 23.2. The molecule has 0 aliphatic rings. The third kappa shape index (κ3) is 4.89. The van der Waals surface area contributed by atoms with E-state index in [0.29, 0.717) is 12.1 Å². The van der Waals surface area contributed by atoms with E-state index in [1.165, 1.54) is 0 Å². The highest BCUT2D eigenvalue weighted by molar-refractivity contribution is 5.87.